The van der Waals surface area contributed by atoms with Gasteiger partial charge in [-0.1, -0.05) is 12.1 Å². The van der Waals surface area contributed by atoms with Crippen molar-refractivity contribution in [2.45, 2.75) is 18.5 Å². The van der Waals surface area contributed by atoms with Gasteiger partial charge in [0.05, 0.1) is 5.69 Å². The Morgan fingerprint density at radius 2 is 1.85 bits per heavy atom. The molecule has 0 radical (unpaired) electrons. The Kier molecular flexibility index (Phi) is 4.64. The van der Waals surface area contributed by atoms with Crippen molar-refractivity contribution in [2.24, 2.45) is 0 Å². The maximum atomic E-state index is 12.2. The summed E-state index contributed by atoms with van der Waals surface area (Å²) in [6.07, 6.45) is -4.06. The van der Waals surface area contributed by atoms with Gasteiger partial charge in [-0.05, 0) is 19.1 Å². The number of hydrogen-bond acceptors (Lipinski definition) is 4. The summed E-state index contributed by atoms with van der Waals surface area (Å²) in [6.45, 7) is 1.14. The minimum absolute atomic E-state index is 0.259. The number of amides is 1. The van der Waals surface area contributed by atoms with E-state index < -0.39 is 33.1 Å². The standard InChI is InChI=1S/C11H12F3NO4S/c1-7(20(2,17)18)10(16)15-8-5-3-4-6-9(8)19-11(12,13)14/h3-7H,1-2H3,(H,15,16). The molecule has 1 aromatic rings. The highest BCUT2D eigenvalue weighted by Gasteiger charge is 2.32. The van der Waals surface area contributed by atoms with Gasteiger partial charge in [0, 0.05) is 6.26 Å². The van der Waals surface area contributed by atoms with Gasteiger partial charge >= 0.3 is 6.36 Å². The highest BCUT2D eigenvalue weighted by Crippen LogP contribution is 2.30. The van der Waals surface area contributed by atoms with E-state index in [0.29, 0.717) is 0 Å². The molecule has 0 bridgehead atoms. The first-order valence-corrected chi connectivity index (χ1v) is 7.30. The SMILES string of the molecule is CC(C(=O)Nc1ccccc1OC(F)(F)F)S(C)(=O)=O. The predicted molar refractivity (Wildman–Crippen MR) is 66.1 cm³/mol. The van der Waals surface area contributed by atoms with Crippen molar-refractivity contribution in [2.75, 3.05) is 11.6 Å². The Hall–Kier alpha value is -1.77. The van der Waals surface area contributed by atoms with Crippen LogP contribution in [0, 0.1) is 0 Å². The molecular formula is C11H12F3NO4S. The van der Waals surface area contributed by atoms with E-state index in [1.54, 1.807) is 0 Å². The molecule has 1 aromatic carbocycles. The molecule has 1 unspecified atom stereocenters. The van der Waals surface area contributed by atoms with Crippen LogP contribution in [0.5, 0.6) is 5.75 Å². The number of benzene rings is 1. The second-order valence-electron chi connectivity index (χ2n) is 4.00. The lowest BCUT2D eigenvalue weighted by atomic mass is 10.3. The zero-order valence-corrected chi connectivity index (χ0v) is 11.4. The molecule has 0 fully saturated rings. The Labute approximate surface area is 113 Å². The lowest BCUT2D eigenvalue weighted by Gasteiger charge is -2.15. The van der Waals surface area contributed by atoms with Gasteiger partial charge in [-0.3, -0.25) is 4.79 Å². The van der Waals surface area contributed by atoms with E-state index in [1.165, 1.54) is 18.2 Å². The lowest BCUT2D eigenvalue weighted by Crippen LogP contribution is -2.32. The minimum Gasteiger partial charge on any atom is -0.404 e. The molecule has 112 valence electrons. The van der Waals surface area contributed by atoms with Gasteiger partial charge in [0.25, 0.3) is 0 Å². The third kappa shape index (κ3) is 4.72. The largest absolute Gasteiger partial charge is 0.573 e. The number of carbonyl (C=O) groups excluding carboxylic acids is 1. The smallest absolute Gasteiger partial charge is 0.404 e. The molecule has 0 aliphatic carbocycles. The van der Waals surface area contributed by atoms with Crippen LogP contribution in [0.2, 0.25) is 0 Å². The second-order valence-corrected chi connectivity index (χ2v) is 6.37. The van der Waals surface area contributed by atoms with E-state index >= 15 is 0 Å². The van der Waals surface area contributed by atoms with Crippen LogP contribution in [0.4, 0.5) is 18.9 Å². The van der Waals surface area contributed by atoms with Crippen LogP contribution >= 0.6 is 0 Å². The molecule has 9 heteroatoms. The normalized spacial score (nSPS) is 13.7. The first-order valence-electron chi connectivity index (χ1n) is 5.35. The molecule has 0 aliphatic rings. The Bertz CT molecular complexity index is 598. The molecule has 0 heterocycles. The fourth-order valence-corrected chi connectivity index (χ4v) is 1.66. The summed E-state index contributed by atoms with van der Waals surface area (Å²) in [5.74, 6) is -1.56. The maximum absolute atomic E-state index is 12.2. The fraction of sp³-hybridized carbons (Fsp3) is 0.364. The van der Waals surface area contributed by atoms with Crippen molar-refractivity contribution in [3.8, 4) is 5.75 Å². The van der Waals surface area contributed by atoms with Crippen LogP contribution in [-0.4, -0.2) is 32.2 Å². The molecule has 0 spiro atoms. The average molecular weight is 311 g/mol. The van der Waals surface area contributed by atoms with E-state index in [-0.39, 0.29) is 5.69 Å². The molecule has 5 nitrogen and oxygen atoms in total. The number of carbonyl (C=O) groups is 1. The minimum atomic E-state index is -4.91. The number of alkyl halides is 3. The van der Waals surface area contributed by atoms with Crippen LogP contribution in [0.3, 0.4) is 0 Å². The van der Waals surface area contributed by atoms with Crippen LogP contribution in [0.15, 0.2) is 24.3 Å². The van der Waals surface area contributed by atoms with Gasteiger partial charge < -0.3 is 10.1 Å². The maximum Gasteiger partial charge on any atom is 0.573 e. The predicted octanol–water partition coefficient (Wildman–Crippen LogP) is 1.96. The summed E-state index contributed by atoms with van der Waals surface area (Å²) in [7, 11) is -3.65. The fourth-order valence-electron chi connectivity index (χ4n) is 1.21. The second kappa shape index (κ2) is 5.70. The number of nitrogens with one attached hydrogen (secondary N) is 1. The van der Waals surface area contributed by atoms with Crippen molar-refractivity contribution in [3.63, 3.8) is 0 Å². The number of hydrogen-bond donors (Lipinski definition) is 1. The zero-order valence-electron chi connectivity index (χ0n) is 10.6. The van der Waals surface area contributed by atoms with E-state index in [1.807, 2.05) is 0 Å². The molecule has 20 heavy (non-hydrogen) atoms. The summed E-state index contributed by atoms with van der Waals surface area (Å²) in [4.78, 5) is 11.6. The van der Waals surface area contributed by atoms with E-state index in [2.05, 4.69) is 10.1 Å². The van der Waals surface area contributed by atoms with Gasteiger partial charge in [0.15, 0.2) is 15.6 Å². The Balaban J connectivity index is 2.96. The first-order chi connectivity index (χ1) is 9.00. The molecule has 0 aromatic heterocycles. The molecule has 1 amide bonds. The highest BCUT2D eigenvalue weighted by molar-refractivity contribution is 7.92. The van der Waals surface area contributed by atoms with Crippen LogP contribution < -0.4 is 10.1 Å². The average Bonchev–Trinajstić information content (AvgIpc) is 2.27. The number of ether oxygens (including phenoxy) is 1. The van der Waals surface area contributed by atoms with Gasteiger partial charge in [0.1, 0.15) is 5.25 Å². The third-order valence-electron chi connectivity index (χ3n) is 2.38. The van der Waals surface area contributed by atoms with Gasteiger partial charge in [-0.25, -0.2) is 8.42 Å². The van der Waals surface area contributed by atoms with Crippen LogP contribution in [0.25, 0.3) is 0 Å². The van der Waals surface area contributed by atoms with Gasteiger partial charge in [-0.15, -0.1) is 13.2 Å². The Morgan fingerprint density at radius 1 is 1.30 bits per heavy atom. The quantitative estimate of drug-likeness (QED) is 0.922. The number of sulfone groups is 1. The van der Waals surface area contributed by atoms with Gasteiger partial charge in [0.2, 0.25) is 5.91 Å². The van der Waals surface area contributed by atoms with Crippen molar-refractivity contribution in [3.05, 3.63) is 24.3 Å². The molecule has 1 rings (SSSR count). The van der Waals surface area contributed by atoms with Crippen molar-refractivity contribution >= 4 is 21.4 Å². The monoisotopic (exact) mass is 311 g/mol. The molecule has 1 atom stereocenters. The molecule has 1 N–H and O–H groups in total. The summed E-state index contributed by atoms with van der Waals surface area (Å²) in [6, 6.07) is 4.85. The first kappa shape index (κ1) is 16.3. The van der Waals surface area contributed by atoms with E-state index in [4.69, 9.17) is 0 Å². The number of para-hydroxylation sites is 2. The van der Waals surface area contributed by atoms with Crippen LogP contribution in [-0.2, 0) is 14.6 Å². The van der Waals surface area contributed by atoms with E-state index in [9.17, 15) is 26.4 Å². The zero-order chi connectivity index (χ0) is 15.6. The van der Waals surface area contributed by atoms with Crippen molar-refractivity contribution < 1.29 is 31.1 Å². The summed E-state index contributed by atoms with van der Waals surface area (Å²) in [5.41, 5.74) is -0.259. The topological polar surface area (TPSA) is 72.5 Å². The van der Waals surface area contributed by atoms with E-state index in [0.717, 1.165) is 19.2 Å². The number of anilines is 1. The number of rotatable bonds is 4. The highest BCUT2D eigenvalue weighted by atomic mass is 32.2. The van der Waals surface area contributed by atoms with Crippen molar-refractivity contribution in [1.29, 1.82) is 0 Å². The third-order valence-corrected chi connectivity index (χ3v) is 3.88. The molecule has 0 saturated carbocycles. The molecule has 0 aliphatic heterocycles. The van der Waals surface area contributed by atoms with Crippen molar-refractivity contribution in [1.82, 2.24) is 0 Å². The Morgan fingerprint density at radius 3 is 2.35 bits per heavy atom. The summed E-state index contributed by atoms with van der Waals surface area (Å²) in [5, 5.41) is 0.709. The molecule has 0 saturated heterocycles. The summed E-state index contributed by atoms with van der Waals surface area (Å²) >= 11 is 0. The summed E-state index contributed by atoms with van der Waals surface area (Å²) < 4.78 is 62.7. The van der Waals surface area contributed by atoms with Gasteiger partial charge in [-0.2, -0.15) is 0 Å². The molecular weight excluding hydrogens is 299 g/mol. The number of halogens is 3. The lowest BCUT2D eigenvalue weighted by molar-refractivity contribution is -0.274. The van der Waals surface area contributed by atoms with Crippen LogP contribution in [0.1, 0.15) is 6.92 Å².